The zero-order valence-corrected chi connectivity index (χ0v) is 17.1. The Morgan fingerprint density at radius 2 is 1.67 bits per heavy atom. The Morgan fingerprint density at radius 1 is 1.04 bits per heavy atom. The smallest absolute Gasteiger partial charge is 0.253 e. The zero-order chi connectivity index (χ0) is 19.4. The molecule has 0 atom stereocenters. The highest BCUT2D eigenvalue weighted by Gasteiger charge is 2.30. The minimum atomic E-state index is -3.69. The van der Waals surface area contributed by atoms with Gasteiger partial charge in [-0.2, -0.15) is 4.31 Å². The van der Waals surface area contributed by atoms with Gasteiger partial charge in [-0.1, -0.05) is 19.8 Å². The summed E-state index contributed by atoms with van der Waals surface area (Å²) in [6.07, 6.45) is 5.81. The number of nitrogens with zero attached hydrogens (tertiary/aromatic N) is 2. The average molecular weight is 395 g/mol. The molecule has 7 heteroatoms. The van der Waals surface area contributed by atoms with Crippen LogP contribution in [0.4, 0.5) is 0 Å². The predicted octanol–water partition coefficient (Wildman–Crippen LogP) is 3.13. The molecule has 0 radical (unpaired) electrons. The highest BCUT2D eigenvalue weighted by atomic mass is 32.2. The third kappa shape index (κ3) is 4.46. The van der Waals surface area contributed by atoms with Crippen molar-refractivity contribution in [3.8, 4) is 5.75 Å². The Labute approximate surface area is 162 Å². The van der Waals surface area contributed by atoms with Crippen LogP contribution in [0.25, 0.3) is 0 Å². The van der Waals surface area contributed by atoms with E-state index in [0.29, 0.717) is 30.3 Å². The van der Waals surface area contributed by atoms with Crippen molar-refractivity contribution < 1.29 is 17.9 Å². The summed E-state index contributed by atoms with van der Waals surface area (Å²) in [7, 11) is -2.22. The molecule has 2 fully saturated rings. The normalized spacial score (nSPS) is 20.3. The summed E-state index contributed by atoms with van der Waals surface area (Å²) >= 11 is 0. The van der Waals surface area contributed by atoms with Crippen LogP contribution in [-0.4, -0.2) is 56.8 Å². The van der Waals surface area contributed by atoms with E-state index in [0.717, 1.165) is 51.6 Å². The van der Waals surface area contributed by atoms with Crippen molar-refractivity contribution in [2.45, 2.75) is 50.3 Å². The van der Waals surface area contributed by atoms with Crippen LogP contribution in [0.3, 0.4) is 0 Å². The lowest BCUT2D eigenvalue weighted by molar-refractivity contribution is 0.0697. The maximum absolute atomic E-state index is 13.2. The van der Waals surface area contributed by atoms with Crippen LogP contribution in [0.1, 0.15) is 55.8 Å². The van der Waals surface area contributed by atoms with Gasteiger partial charge in [-0.3, -0.25) is 4.79 Å². The first-order chi connectivity index (χ1) is 12.9. The largest absolute Gasteiger partial charge is 0.495 e. The van der Waals surface area contributed by atoms with E-state index in [1.807, 2.05) is 4.90 Å². The fraction of sp³-hybridized carbons (Fsp3) is 0.650. The molecule has 0 bridgehead atoms. The number of hydrogen-bond acceptors (Lipinski definition) is 4. The lowest BCUT2D eigenvalue weighted by Crippen LogP contribution is -2.38. The second-order valence-electron chi connectivity index (χ2n) is 7.66. The van der Waals surface area contributed by atoms with Crippen molar-refractivity contribution >= 4 is 15.9 Å². The molecule has 0 unspecified atom stereocenters. The summed E-state index contributed by atoms with van der Waals surface area (Å²) in [5, 5.41) is 0. The highest BCUT2D eigenvalue weighted by Crippen LogP contribution is 2.30. The first-order valence-electron chi connectivity index (χ1n) is 9.91. The maximum atomic E-state index is 13.2. The molecule has 0 N–H and O–H groups in total. The van der Waals surface area contributed by atoms with Gasteiger partial charge in [-0.15, -0.1) is 0 Å². The van der Waals surface area contributed by atoms with Gasteiger partial charge in [0.25, 0.3) is 5.91 Å². The van der Waals surface area contributed by atoms with Gasteiger partial charge in [-0.05, 0) is 49.8 Å². The maximum Gasteiger partial charge on any atom is 0.253 e. The molecular formula is C20H30N2O4S. The quantitative estimate of drug-likeness (QED) is 0.787. The molecule has 0 aliphatic carbocycles. The Morgan fingerprint density at radius 3 is 2.26 bits per heavy atom. The molecule has 2 aliphatic heterocycles. The molecule has 2 aliphatic rings. The van der Waals surface area contributed by atoms with E-state index in [9.17, 15) is 13.2 Å². The summed E-state index contributed by atoms with van der Waals surface area (Å²) < 4.78 is 33.3. The number of benzene rings is 1. The van der Waals surface area contributed by atoms with E-state index in [4.69, 9.17) is 4.74 Å². The highest BCUT2D eigenvalue weighted by molar-refractivity contribution is 7.89. The van der Waals surface area contributed by atoms with E-state index in [1.54, 1.807) is 12.1 Å². The van der Waals surface area contributed by atoms with Crippen molar-refractivity contribution in [1.29, 1.82) is 0 Å². The number of hydrogen-bond donors (Lipinski definition) is 0. The number of ether oxygens (including phenoxy) is 1. The second-order valence-corrected chi connectivity index (χ2v) is 9.57. The summed E-state index contributed by atoms with van der Waals surface area (Å²) in [6, 6.07) is 4.77. The molecule has 0 spiro atoms. The number of sulfonamides is 1. The molecule has 6 nitrogen and oxygen atoms in total. The Balaban J connectivity index is 1.90. The number of piperidine rings is 1. The molecule has 0 saturated carbocycles. The summed E-state index contributed by atoms with van der Waals surface area (Å²) in [5.74, 6) is 0.823. The summed E-state index contributed by atoms with van der Waals surface area (Å²) in [4.78, 5) is 14.8. The van der Waals surface area contributed by atoms with Crippen LogP contribution < -0.4 is 4.74 Å². The first kappa shape index (κ1) is 20.1. The van der Waals surface area contributed by atoms with Crippen molar-refractivity contribution in [1.82, 2.24) is 9.21 Å². The van der Waals surface area contributed by atoms with E-state index in [2.05, 4.69) is 6.92 Å². The summed E-state index contributed by atoms with van der Waals surface area (Å²) in [5.41, 5.74) is 0.416. The molecule has 27 heavy (non-hydrogen) atoms. The SMILES string of the molecule is COc1ccc(C(=O)N2CCC(C)CC2)cc1S(=O)(=O)N1CCCCCC1. The number of likely N-dealkylation sites (tertiary alicyclic amines) is 1. The molecule has 1 amide bonds. The predicted molar refractivity (Wildman–Crippen MR) is 105 cm³/mol. The third-order valence-electron chi connectivity index (χ3n) is 5.66. The minimum absolute atomic E-state index is 0.100. The Bertz CT molecular complexity index is 762. The molecule has 2 heterocycles. The van der Waals surface area contributed by atoms with Gasteiger partial charge in [0, 0.05) is 31.7 Å². The topological polar surface area (TPSA) is 66.9 Å². The van der Waals surface area contributed by atoms with E-state index in [1.165, 1.54) is 17.5 Å². The second kappa shape index (κ2) is 8.61. The van der Waals surface area contributed by atoms with Crippen LogP contribution in [0.2, 0.25) is 0 Å². The lowest BCUT2D eigenvalue weighted by Gasteiger charge is -2.30. The van der Waals surface area contributed by atoms with Gasteiger partial charge in [0.1, 0.15) is 10.6 Å². The molecule has 3 rings (SSSR count). The van der Waals surface area contributed by atoms with Crippen molar-refractivity contribution in [2.24, 2.45) is 5.92 Å². The van der Waals surface area contributed by atoms with E-state index >= 15 is 0 Å². The van der Waals surface area contributed by atoms with Crippen molar-refractivity contribution in [3.63, 3.8) is 0 Å². The van der Waals surface area contributed by atoms with Crippen LogP contribution in [0, 0.1) is 5.92 Å². The number of rotatable bonds is 4. The average Bonchev–Trinajstić information content (AvgIpc) is 2.97. The molecule has 2 saturated heterocycles. The van der Waals surface area contributed by atoms with Crippen LogP contribution in [0.15, 0.2) is 23.1 Å². The molecular weight excluding hydrogens is 364 g/mol. The van der Waals surface area contributed by atoms with Gasteiger partial charge < -0.3 is 9.64 Å². The van der Waals surface area contributed by atoms with E-state index in [-0.39, 0.29) is 10.8 Å². The third-order valence-corrected chi connectivity index (χ3v) is 7.58. The zero-order valence-electron chi connectivity index (χ0n) is 16.3. The lowest BCUT2D eigenvalue weighted by atomic mass is 9.98. The number of methoxy groups -OCH3 is 1. The fourth-order valence-electron chi connectivity index (χ4n) is 3.83. The fourth-order valence-corrected chi connectivity index (χ4v) is 5.53. The van der Waals surface area contributed by atoms with Crippen molar-refractivity contribution in [3.05, 3.63) is 23.8 Å². The molecule has 150 valence electrons. The monoisotopic (exact) mass is 394 g/mol. The van der Waals surface area contributed by atoms with Gasteiger partial charge in [0.15, 0.2) is 0 Å². The van der Waals surface area contributed by atoms with E-state index < -0.39 is 10.0 Å². The number of carbonyl (C=O) groups is 1. The molecule has 1 aromatic carbocycles. The minimum Gasteiger partial charge on any atom is -0.495 e. The van der Waals surface area contributed by atoms with Gasteiger partial charge in [0.05, 0.1) is 7.11 Å². The Hall–Kier alpha value is -1.60. The van der Waals surface area contributed by atoms with Crippen LogP contribution in [0.5, 0.6) is 5.75 Å². The number of amides is 1. The van der Waals surface area contributed by atoms with Gasteiger partial charge in [-0.25, -0.2) is 8.42 Å². The first-order valence-corrected chi connectivity index (χ1v) is 11.3. The Kier molecular flexibility index (Phi) is 6.42. The van der Waals surface area contributed by atoms with Gasteiger partial charge in [0.2, 0.25) is 10.0 Å². The van der Waals surface area contributed by atoms with Crippen LogP contribution in [-0.2, 0) is 10.0 Å². The molecule has 0 aromatic heterocycles. The standard InChI is InChI=1S/C20H30N2O4S/c1-16-9-13-21(14-10-16)20(23)17-7-8-18(26-2)19(15-17)27(24,25)22-11-5-3-4-6-12-22/h7-8,15-16H,3-6,9-14H2,1-2H3. The molecule has 1 aromatic rings. The summed E-state index contributed by atoms with van der Waals surface area (Å²) in [6.45, 7) is 4.68. The van der Waals surface area contributed by atoms with Crippen LogP contribution >= 0.6 is 0 Å². The number of carbonyl (C=O) groups excluding carboxylic acids is 1. The van der Waals surface area contributed by atoms with Crippen molar-refractivity contribution in [2.75, 3.05) is 33.3 Å². The van der Waals surface area contributed by atoms with Gasteiger partial charge >= 0.3 is 0 Å².